The largest absolute Gasteiger partial charge is 0.460 e. The van der Waals surface area contributed by atoms with Crippen LogP contribution in [-0.4, -0.2) is 40.4 Å². The predicted octanol–water partition coefficient (Wildman–Crippen LogP) is 2.52. The molecule has 148 valence electrons. The third-order valence-corrected chi connectivity index (χ3v) is 5.26. The zero-order valence-electron chi connectivity index (χ0n) is 15.4. The number of rotatable bonds is 2. The number of para-hydroxylation sites is 1. The third-order valence-electron chi connectivity index (χ3n) is 5.26. The second-order valence-electron chi connectivity index (χ2n) is 7.00. The summed E-state index contributed by atoms with van der Waals surface area (Å²) in [6.07, 6.45) is 4.93. The molecule has 0 aliphatic carbocycles. The van der Waals surface area contributed by atoms with Gasteiger partial charge in [0.25, 0.3) is 0 Å². The van der Waals surface area contributed by atoms with E-state index in [4.69, 9.17) is 4.74 Å². The van der Waals surface area contributed by atoms with Crippen molar-refractivity contribution in [2.24, 2.45) is 0 Å². The molecule has 2 atom stereocenters. The van der Waals surface area contributed by atoms with Gasteiger partial charge in [0, 0.05) is 18.2 Å². The SMILES string of the molecule is O=c1[nH]c2cnc(-n3cnc4cnccc43)nc2n1C1C[C@@H](F)Oc2ccccc21. The number of hydrogen-bond acceptors (Lipinski definition) is 6. The number of alkyl halides is 1. The monoisotopic (exact) mass is 403 g/mol. The zero-order chi connectivity index (χ0) is 20.2. The van der Waals surface area contributed by atoms with Gasteiger partial charge in [0.1, 0.15) is 23.1 Å². The van der Waals surface area contributed by atoms with Crippen molar-refractivity contribution in [2.45, 2.75) is 18.8 Å². The minimum absolute atomic E-state index is 0.00286. The summed E-state index contributed by atoms with van der Waals surface area (Å²) >= 11 is 0. The van der Waals surface area contributed by atoms with Crippen LogP contribution in [-0.2, 0) is 0 Å². The molecule has 0 radical (unpaired) electrons. The van der Waals surface area contributed by atoms with Crippen LogP contribution in [0.3, 0.4) is 0 Å². The Bertz CT molecular complexity index is 1470. The van der Waals surface area contributed by atoms with Gasteiger partial charge in [-0.1, -0.05) is 18.2 Å². The fourth-order valence-corrected chi connectivity index (χ4v) is 3.93. The Kier molecular flexibility index (Phi) is 3.48. The molecule has 0 bridgehead atoms. The van der Waals surface area contributed by atoms with Gasteiger partial charge in [0.15, 0.2) is 5.65 Å². The van der Waals surface area contributed by atoms with E-state index in [0.29, 0.717) is 28.4 Å². The van der Waals surface area contributed by atoms with Crippen molar-refractivity contribution >= 4 is 22.2 Å². The lowest BCUT2D eigenvalue weighted by Gasteiger charge is -2.28. The van der Waals surface area contributed by atoms with E-state index in [1.807, 2.05) is 18.2 Å². The van der Waals surface area contributed by atoms with E-state index >= 15 is 0 Å². The van der Waals surface area contributed by atoms with Gasteiger partial charge in [-0.3, -0.25) is 14.1 Å². The van der Waals surface area contributed by atoms with E-state index in [9.17, 15) is 9.18 Å². The first-order chi connectivity index (χ1) is 14.7. The van der Waals surface area contributed by atoms with E-state index in [1.165, 1.54) is 4.57 Å². The third kappa shape index (κ3) is 2.43. The summed E-state index contributed by atoms with van der Waals surface area (Å²) in [6, 6.07) is 8.38. The average molecular weight is 403 g/mol. The highest BCUT2D eigenvalue weighted by Crippen LogP contribution is 2.37. The van der Waals surface area contributed by atoms with Crippen molar-refractivity contribution in [2.75, 3.05) is 0 Å². The number of nitrogens with zero attached hydrogens (tertiary/aromatic N) is 6. The number of fused-ring (bicyclic) bond motifs is 3. The number of hydrogen-bond donors (Lipinski definition) is 1. The Labute approximate surface area is 167 Å². The lowest BCUT2D eigenvalue weighted by Crippen LogP contribution is -2.31. The number of ether oxygens (including phenoxy) is 1. The van der Waals surface area contributed by atoms with Gasteiger partial charge >= 0.3 is 5.69 Å². The first-order valence-electron chi connectivity index (χ1n) is 9.33. The fraction of sp³-hybridized carbons (Fsp3) is 0.150. The number of benzene rings is 1. The van der Waals surface area contributed by atoms with Crippen LogP contribution in [0.5, 0.6) is 5.75 Å². The second-order valence-corrected chi connectivity index (χ2v) is 7.00. The molecule has 1 aliphatic heterocycles. The molecule has 1 N–H and O–H groups in total. The predicted molar refractivity (Wildman–Crippen MR) is 105 cm³/mol. The highest BCUT2D eigenvalue weighted by molar-refractivity contribution is 5.76. The van der Waals surface area contributed by atoms with Crippen molar-refractivity contribution in [1.82, 2.24) is 34.1 Å². The zero-order valence-corrected chi connectivity index (χ0v) is 15.4. The summed E-state index contributed by atoms with van der Waals surface area (Å²) in [5.41, 5.74) is 2.68. The normalized spacial score (nSPS) is 18.4. The maximum absolute atomic E-state index is 14.3. The van der Waals surface area contributed by atoms with Gasteiger partial charge in [-0.25, -0.2) is 19.2 Å². The highest BCUT2D eigenvalue weighted by atomic mass is 19.1. The molecule has 1 aromatic carbocycles. The summed E-state index contributed by atoms with van der Waals surface area (Å²) in [4.78, 5) is 32.9. The maximum Gasteiger partial charge on any atom is 0.328 e. The lowest BCUT2D eigenvalue weighted by molar-refractivity contribution is 0.0338. The number of aromatic amines is 1. The Morgan fingerprint density at radius 1 is 1.17 bits per heavy atom. The summed E-state index contributed by atoms with van der Waals surface area (Å²) < 4.78 is 22.8. The molecule has 5 aromatic rings. The minimum atomic E-state index is -1.52. The molecule has 10 heteroatoms. The maximum atomic E-state index is 14.3. The van der Waals surface area contributed by atoms with E-state index in [2.05, 4.69) is 24.9 Å². The number of aromatic nitrogens is 7. The lowest BCUT2D eigenvalue weighted by atomic mass is 10.00. The molecule has 1 aliphatic rings. The molecule has 1 unspecified atom stereocenters. The van der Waals surface area contributed by atoms with Crippen molar-refractivity contribution in [3.8, 4) is 11.7 Å². The topological polar surface area (TPSA) is 104 Å². The fourth-order valence-electron chi connectivity index (χ4n) is 3.93. The first-order valence-corrected chi connectivity index (χ1v) is 9.33. The Hall–Kier alpha value is -4.08. The molecule has 0 amide bonds. The average Bonchev–Trinajstić information content (AvgIpc) is 3.33. The smallest absolute Gasteiger partial charge is 0.328 e. The minimum Gasteiger partial charge on any atom is -0.460 e. The van der Waals surface area contributed by atoms with Crippen LogP contribution in [0.1, 0.15) is 18.0 Å². The number of halogens is 1. The van der Waals surface area contributed by atoms with Gasteiger partial charge in [0.2, 0.25) is 12.3 Å². The second kappa shape index (κ2) is 6.21. The summed E-state index contributed by atoms with van der Waals surface area (Å²) in [7, 11) is 0. The van der Waals surface area contributed by atoms with Crippen LogP contribution in [0.4, 0.5) is 4.39 Å². The molecule has 30 heavy (non-hydrogen) atoms. The van der Waals surface area contributed by atoms with Crippen LogP contribution in [0.25, 0.3) is 28.1 Å². The molecule has 0 saturated heterocycles. The van der Waals surface area contributed by atoms with Crippen molar-refractivity contribution < 1.29 is 9.13 Å². The van der Waals surface area contributed by atoms with Gasteiger partial charge in [0.05, 0.1) is 24.0 Å². The van der Waals surface area contributed by atoms with Crippen molar-refractivity contribution in [3.63, 3.8) is 0 Å². The molecule has 6 rings (SSSR count). The Morgan fingerprint density at radius 2 is 2.07 bits per heavy atom. The molecule has 4 aromatic heterocycles. The number of nitrogens with one attached hydrogen (secondary N) is 1. The first kappa shape index (κ1) is 16.8. The van der Waals surface area contributed by atoms with E-state index in [-0.39, 0.29) is 12.1 Å². The highest BCUT2D eigenvalue weighted by Gasteiger charge is 2.32. The molecule has 0 spiro atoms. The van der Waals surface area contributed by atoms with Crippen LogP contribution in [0.2, 0.25) is 0 Å². The number of H-pyrrole nitrogens is 1. The van der Waals surface area contributed by atoms with Gasteiger partial charge in [-0.15, -0.1) is 0 Å². The molecular weight excluding hydrogens is 389 g/mol. The Morgan fingerprint density at radius 3 is 3.00 bits per heavy atom. The molecule has 0 saturated carbocycles. The van der Waals surface area contributed by atoms with Gasteiger partial charge in [-0.05, 0) is 12.1 Å². The van der Waals surface area contributed by atoms with E-state index < -0.39 is 12.4 Å². The number of imidazole rings is 2. The van der Waals surface area contributed by atoms with Gasteiger partial charge in [-0.2, -0.15) is 4.98 Å². The van der Waals surface area contributed by atoms with Crippen LogP contribution < -0.4 is 10.4 Å². The van der Waals surface area contributed by atoms with Crippen molar-refractivity contribution in [1.29, 1.82) is 0 Å². The summed E-state index contributed by atoms with van der Waals surface area (Å²) in [5.74, 6) is 0.769. The molecular formula is C20H14FN7O2. The summed E-state index contributed by atoms with van der Waals surface area (Å²) in [6.45, 7) is 0. The summed E-state index contributed by atoms with van der Waals surface area (Å²) in [5, 5.41) is 0. The standard InChI is InChI=1S/C20H14FN7O2/c21-17-7-15(11-3-1-2-4-16(11)30-17)28-18-13(25-20(28)29)9-23-19(26-18)27-10-24-12-8-22-6-5-14(12)27/h1-6,8-10,15,17H,7H2,(H,25,29)/t15?,17-/m0/s1. The molecule has 0 fully saturated rings. The molecule has 5 heterocycles. The molecule has 9 nitrogen and oxygen atoms in total. The van der Waals surface area contributed by atoms with Gasteiger partial charge < -0.3 is 9.72 Å². The van der Waals surface area contributed by atoms with Crippen LogP contribution in [0.15, 0.2) is 60.0 Å². The quantitative estimate of drug-likeness (QED) is 0.486. The Balaban J connectivity index is 1.57. The van der Waals surface area contributed by atoms with Crippen molar-refractivity contribution in [3.05, 3.63) is 71.3 Å². The van der Waals surface area contributed by atoms with E-state index in [1.54, 1.807) is 41.6 Å². The number of pyridine rings is 1. The van der Waals surface area contributed by atoms with Crippen LogP contribution in [0, 0.1) is 0 Å². The van der Waals surface area contributed by atoms with Crippen LogP contribution >= 0.6 is 0 Å². The van der Waals surface area contributed by atoms with E-state index in [0.717, 1.165) is 11.1 Å².